The van der Waals surface area contributed by atoms with Crippen LogP contribution in [0.1, 0.15) is 16.8 Å². The molecule has 0 radical (unpaired) electrons. The van der Waals surface area contributed by atoms with Gasteiger partial charge in [-0.2, -0.15) is 0 Å². The number of nitrogens with one attached hydrogen (secondary N) is 1. The summed E-state index contributed by atoms with van der Waals surface area (Å²) in [5.74, 6) is 1.04. The second-order valence-corrected chi connectivity index (χ2v) is 6.22. The lowest BCUT2D eigenvalue weighted by molar-refractivity contribution is 0.357. The maximum absolute atomic E-state index is 5.58. The van der Waals surface area contributed by atoms with Crippen molar-refractivity contribution in [1.29, 1.82) is 0 Å². The highest BCUT2D eigenvalue weighted by Crippen LogP contribution is 2.30. The van der Waals surface area contributed by atoms with E-state index in [1.807, 2.05) is 24.1 Å². The maximum Gasteiger partial charge on any atom is 0.122 e. The minimum atomic E-state index is 0.806. The van der Waals surface area contributed by atoms with Gasteiger partial charge in [-0.15, -0.1) is 0 Å². The first kappa shape index (κ1) is 15.0. The molecule has 4 nitrogen and oxygen atoms in total. The molecule has 1 aliphatic heterocycles. The van der Waals surface area contributed by atoms with E-state index in [-0.39, 0.29) is 0 Å². The Morgan fingerprint density at radius 2 is 1.92 bits per heavy atom. The minimum absolute atomic E-state index is 0.806. The number of imidazole rings is 1. The molecule has 0 spiro atoms. The Hall–Kier alpha value is -2.59. The molecule has 4 rings (SSSR count). The first-order chi connectivity index (χ1) is 11.8. The summed E-state index contributed by atoms with van der Waals surface area (Å²) in [4.78, 5) is 4.13. The molecular formula is C20H21N3O. The van der Waals surface area contributed by atoms with Gasteiger partial charge in [-0.3, -0.25) is 0 Å². The molecule has 0 aliphatic carbocycles. The van der Waals surface area contributed by atoms with Gasteiger partial charge in [0, 0.05) is 32.8 Å². The number of fused-ring (bicyclic) bond motifs is 1. The average molecular weight is 319 g/mol. The fraction of sp³-hybridized carbons (Fsp3) is 0.250. The zero-order chi connectivity index (χ0) is 16.4. The smallest absolute Gasteiger partial charge is 0.122 e. The van der Waals surface area contributed by atoms with Crippen LogP contribution >= 0.6 is 0 Å². The van der Waals surface area contributed by atoms with Crippen molar-refractivity contribution in [2.24, 2.45) is 7.05 Å². The van der Waals surface area contributed by atoms with E-state index >= 15 is 0 Å². The number of hydrogen-bond donors (Lipinski definition) is 1. The standard InChI is InChI=1S/C20H21N3O/c1-23-14-22-13-19(23)12-21-11-15-2-4-16(5-3-15)17-6-7-20-18(10-17)8-9-24-20/h2-7,10,13-14,21H,8-9,11-12H2,1H3. The molecule has 2 aromatic carbocycles. The molecule has 24 heavy (non-hydrogen) atoms. The maximum atomic E-state index is 5.58. The number of rotatable bonds is 5. The van der Waals surface area contributed by atoms with Gasteiger partial charge in [0.25, 0.3) is 0 Å². The molecule has 2 heterocycles. The zero-order valence-electron chi connectivity index (χ0n) is 13.8. The van der Waals surface area contributed by atoms with Crippen molar-refractivity contribution >= 4 is 0 Å². The van der Waals surface area contributed by atoms with Crippen molar-refractivity contribution < 1.29 is 4.74 Å². The second-order valence-electron chi connectivity index (χ2n) is 6.22. The highest BCUT2D eigenvalue weighted by Gasteiger charge is 2.12. The molecule has 0 atom stereocenters. The summed E-state index contributed by atoms with van der Waals surface area (Å²) in [6, 6.07) is 15.2. The first-order valence-electron chi connectivity index (χ1n) is 8.30. The second kappa shape index (κ2) is 6.49. The summed E-state index contributed by atoms with van der Waals surface area (Å²) < 4.78 is 7.61. The number of hydrogen-bond acceptors (Lipinski definition) is 3. The molecule has 0 unspecified atom stereocenters. The van der Waals surface area contributed by atoms with Crippen LogP contribution in [-0.4, -0.2) is 16.2 Å². The number of benzene rings is 2. The summed E-state index contributed by atoms with van der Waals surface area (Å²) in [7, 11) is 2.01. The predicted molar refractivity (Wildman–Crippen MR) is 94.8 cm³/mol. The summed E-state index contributed by atoms with van der Waals surface area (Å²) in [6.45, 7) is 2.48. The molecule has 4 heteroatoms. The van der Waals surface area contributed by atoms with Gasteiger partial charge in [0.1, 0.15) is 5.75 Å². The van der Waals surface area contributed by atoms with E-state index in [4.69, 9.17) is 4.74 Å². The highest BCUT2D eigenvalue weighted by molar-refractivity contribution is 5.66. The quantitative estimate of drug-likeness (QED) is 0.784. The Kier molecular flexibility index (Phi) is 4.05. The SMILES string of the molecule is Cn1cncc1CNCc1ccc(-c2ccc3c(c2)CCO3)cc1. The van der Waals surface area contributed by atoms with Crippen molar-refractivity contribution in [3.63, 3.8) is 0 Å². The van der Waals surface area contributed by atoms with Crippen LogP contribution in [-0.2, 0) is 26.6 Å². The lowest BCUT2D eigenvalue weighted by Crippen LogP contribution is -2.14. The summed E-state index contributed by atoms with van der Waals surface area (Å²) in [5, 5.41) is 3.46. The van der Waals surface area contributed by atoms with Crippen LogP contribution < -0.4 is 10.1 Å². The zero-order valence-corrected chi connectivity index (χ0v) is 13.8. The lowest BCUT2D eigenvalue weighted by atomic mass is 10.0. The van der Waals surface area contributed by atoms with Crippen molar-refractivity contribution in [2.75, 3.05) is 6.61 Å². The molecule has 1 aromatic heterocycles. The molecule has 0 saturated carbocycles. The third-order valence-electron chi connectivity index (χ3n) is 4.53. The predicted octanol–water partition coefficient (Wildman–Crippen LogP) is 3.31. The number of aromatic nitrogens is 2. The molecular weight excluding hydrogens is 298 g/mol. The molecule has 3 aromatic rings. The van der Waals surface area contributed by atoms with Gasteiger partial charge in [-0.25, -0.2) is 4.98 Å². The number of ether oxygens (including phenoxy) is 1. The van der Waals surface area contributed by atoms with E-state index in [0.29, 0.717) is 0 Å². The Labute approximate surface area is 142 Å². The van der Waals surface area contributed by atoms with Gasteiger partial charge in [0.05, 0.1) is 18.6 Å². The van der Waals surface area contributed by atoms with Gasteiger partial charge in [0.15, 0.2) is 0 Å². The highest BCUT2D eigenvalue weighted by atomic mass is 16.5. The van der Waals surface area contributed by atoms with E-state index in [0.717, 1.165) is 31.9 Å². The van der Waals surface area contributed by atoms with Crippen LogP contribution in [0.3, 0.4) is 0 Å². The molecule has 1 N–H and O–H groups in total. The topological polar surface area (TPSA) is 39.1 Å². The van der Waals surface area contributed by atoms with Gasteiger partial charge in [0.2, 0.25) is 0 Å². The molecule has 0 fully saturated rings. The Morgan fingerprint density at radius 3 is 2.71 bits per heavy atom. The molecule has 0 bridgehead atoms. The first-order valence-corrected chi connectivity index (χ1v) is 8.30. The summed E-state index contributed by atoms with van der Waals surface area (Å²) in [5.41, 5.74) is 6.29. The summed E-state index contributed by atoms with van der Waals surface area (Å²) in [6.07, 6.45) is 4.74. The molecule has 122 valence electrons. The molecule has 0 amide bonds. The Morgan fingerprint density at radius 1 is 1.08 bits per heavy atom. The van der Waals surface area contributed by atoms with E-state index in [2.05, 4.69) is 52.8 Å². The Bertz CT molecular complexity index is 836. The number of aryl methyl sites for hydroxylation is 1. The summed E-state index contributed by atoms with van der Waals surface area (Å²) >= 11 is 0. The minimum Gasteiger partial charge on any atom is -0.493 e. The van der Waals surface area contributed by atoms with E-state index in [1.54, 1.807) is 0 Å². The monoisotopic (exact) mass is 319 g/mol. The van der Waals surface area contributed by atoms with Crippen molar-refractivity contribution in [3.05, 3.63) is 71.8 Å². The Balaban J connectivity index is 1.40. The van der Waals surface area contributed by atoms with E-state index < -0.39 is 0 Å². The van der Waals surface area contributed by atoms with Crippen molar-refractivity contribution in [1.82, 2.24) is 14.9 Å². The average Bonchev–Trinajstić information content (AvgIpc) is 3.24. The van der Waals surface area contributed by atoms with Crippen LogP contribution in [0, 0.1) is 0 Å². The van der Waals surface area contributed by atoms with Gasteiger partial charge in [-0.05, 0) is 34.4 Å². The lowest BCUT2D eigenvalue weighted by Gasteiger charge is -2.08. The van der Waals surface area contributed by atoms with Crippen LogP contribution in [0.2, 0.25) is 0 Å². The van der Waals surface area contributed by atoms with E-state index in [1.165, 1.54) is 27.9 Å². The number of nitrogens with zero attached hydrogens (tertiary/aromatic N) is 2. The van der Waals surface area contributed by atoms with Crippen molar-refractivity contribution in [3.8, 4) is 16.9 Å². The van der Waals surface area contributed by atoms with Crippen molar-refractivity contribution in [2.45, 2.75) is 19.5 Å². The van der Waals surface area contributed by atoms with Gasteiger partial charge in [-0.1, -0.05) is 30.3 Å². The van der Waals surface area contributed by atoms with Crippen LogP contribution in [0.5, 0.6) is 5.75 Å². The molecule has 0 saturated heterocycles. The van der Waals surface area contributed by atoms with Crippen LogP contribution in [0.15, 0.2) is 55.0 Å². The third kappa shape index (κ3) is 3.05. The van der Waals surface area contributed by atoms with Crippen LogP contribution in [0.25, 0.3) is 11.1 Å². The fourth-order valence-corrected chi connectivity index (χ4v) is 3.07. The largest absolute Gasteiger partial charge is 0.493 e. The molecule has 1 aliphatic rings. The fourth-order valence-electron chi connectivity index (χ4n) is 3.07. The van der Waals surface area contributed by atoms with Gasteiger partial charge >= 0.3 is 0 Å². The normalized spacial score (nSPS) is 12.9. The van der Waals surface area contributed by atoms with Crippen LogP contribution in [0.4, 0.5) is 0 Å². The van der Waals surface area contributed by atoms with Gasteiger partial charge < -0.3 is 14.6 Å². The third-order valence-corrected chi connectivity index (χ3v) is 4.53. The van der Waals surface area contributed by atoms with E-state index in [9.17, 15) is 0 Å².